The van der Waals surface area contributed by atoms with Crippen molar-refractivity contribution in [3.63, 3.8) is 0 Å². The highest BCUT2D eigenvalue weighted by Gasteiger charge is 2.49. The summed E-state index contributed by atoms with van der Waals surface area (Å²) in [6.07, 6.45) is 1.68. The molecule has 3 rings (SSSR count). The average molecular weight is 475 g/mol. The molecule has 0 unspecified atom stereocenters. The summed E-state index contributed by atoms with van der Waals surface area (Å²) in [5, 5.41) is 14.5. The van der Waals surface area contributed by atoms with Crippen LogP contribution in [0.25, 0.3) is 0 Å². The molecule has 2 aromatic carbocycles. The molecule has 0 saturated carbocycles. The smallest absolute Gasteiger partial charge is 0.296 e. The SMILES string of the molecule is Cc1ccc(S(=O)(=O)OCCCCCCC2(Cc3ccccc3)C(=O)NC(O)NC2=O)cc1. The van der Waals surface area contributed by atoms with Crippen molar-refractivity contribution >= 4 is 21.9 Å². The molecule has 1 fully saturated rings. The Balaban J connectivity index is 1.50. The van der Waals surface area contributed by atoms with Crippen molar-refractivity contribution in [2.45, 2.75) is 56.7 Å². The molecule has 2 aromatic rings. The minimum Gasteiger partial charge on any atom is -0.356 e. The van der Waals surface area contributed by atoms with Gasteiger partial charge >= 0.3 is 0 Å². The highest BCUT2D eigenvalue weighted by atomic mass is 32.2. The minimum atomic E-state index is -3.78. The monoisotopic (exact) mass is 474 g/mol. The van der Waals surface area contributed by atoms with Crippen molar-refractivity contribution < 1.29 is 27.3 Å². The molecular weight excluding hydrogens is 444 g/mol. The van der Waals surface area contributed by atoms with Gasteiger partial charge in [-0.3, -0.25) is 13.8 Å². The molecule has 0 radical (unpaired) electrons. The Kier molecular flexibility index (Phi) is 8.23. The van der Waals surface area contributed by atoms with E-state index in [0.717, 1.165) is 11.1 Å². The molecule has 0 bridgehead atoms. The van der Waals surface area contributed by atoms with E-state index in [0.29, 0.717) is 32.1 Å². The van der Waals surface area contributed by atoms with Gasteiger partial charge in [-0.05, 0) is 43.9 Å². The van der Waals surface area contributed by atoms with Crippen LogP contribution in [0.15, 0.2) is 59.5 Å². The second-order valence-corrected chi connectivity index (χ2v) is 9.96. The van der Waals surface area contributed by atoms with E-state index >= 15 is 0 Å². The average Bonchev–Trinajstić information content (AvgIpc) is 2.77. The summed E-state index contributed by atoms with van der Waals surface area (Å²) >= 11 is 0. The first-order valence-corrected chi connectivity index (χ1v) is 12.4. The molecule has 8 nitrogen and oxygen atoms in total. The maximum absolute atomic E-state index is 12.8. The van der Waals surface area contributed by atoms with Crippen LogP contribution in [0, 0.1) is 12.3 Å². The summed E-state index contributed by atoms with van der Waals surface area (Å²) in [4.78, 5) is 25.6. The van der Waals surface area contributed by atoms with E-state index in [9.17, 15) is 23.1 Å². The van der Waals surface area contributed by atoms with Crippen LogP contribution < -0.4 is 10.6 Å². The zero-order valence-corrected chi connectivity index (χ0v) is 19.4. The first-order chi connectivity index (χ1) is 15.7. The van der Waals surface area contributed by atoms with E-state index in [1.807, 2.05) is 37.3 Å². The highest BCUT2D eigenvalue weighted by Crippen LogP contribution is 2.33. The van der Waals surface area contributed by atoms with Crippen molar-refractivity contribution in [2.24, 2.45) is 5.41 Å². The second-order valence-electron chi connectivity index (χ2n) is 8.35. The third-order valence-corrected chi connectivity index (χ3v) is 7.13. The molecule has 1 aliphatic rings. The maximum atomic E-state index is 12.8. The molecule has 1 aliphatic heterocycles. The first kappa shape index (κ1) is 24.9. The number of rotatable bonds is 11. The summed E-state index contributed by atoms with van der Waals surface area (Å²) in [5.41, 5.74) is 0.522. The molecule has 2 amide bonds. The molecule has 178 valence electrons. The Morgan fingerprint density at radius 3 is 2.15 bits per heavy atom. The molecule has 3 N–H and O–H groups in total. The van der Waals surface area contributed by atoms with Crippen LogP contribution >= 0.6 is 0 Å². The number of aliphatic hydroxyl groups excluding tert-OH is 1. The zero-order chi connectivity index (χ0) is 23.9. The third-order valence-electron chi connectivity index (χ3n) is 5.80. The molecule has 9 heteroatoms. The van der Waals surface area contributed by atoms with Gasteiger partial charge in [0.25, 0.3) is 10.1 Å². The summed E-state index contributed by atoms with van der Waals surface area (Å²) in [5.74, 6) is -0.981. The van der Waals surface area contributed by atoms with Crippen LogP contribution in [0.5, 0.6) is 0 Å². The fourth-order valence-electron chi connectivity index (χ4n) is 3.91. The lowest BCUT2D eigenvalue weighted by atomic mass is 9.74. The van der Waals surface area contributed by atoms with Gasteiger partial charge in [-0.1, -0.05) is 67.3 Å². The minimum absolute atomic E-state index is 0.0680. The van der Waals surface area contributed by atoms with Crippen LogP contribution in [-0.2, 0) is 30.3 Å². The Hall–Kier alpha value is -2.75. The predicted octanol–water partition coefficient (Wildman–Crippen LogP) is 2.40. The summed E-state index contributed by atoms with van der Waals surface area (Å²) in [7, 11) is -3.78. The standard InChI is InChI=1S/C24H30N2O6S/c1-18-11-13-20(14-12-18)33(30,31)32-16-8-3-2-7-15-24(17-19-9-5-4-6-10-19)21(27)25-23(29)26-22(24)28/h4-6,9-14,23,29H,2-3,7-8,15-17H2,1H3,(H,25,27)(H,26,28). The molecule has 1 saturated heterocycles. The fraction of sp³-hybridized carbons (Fsp3) is 0.417. The lowest BCUT2D eigenvalue weighted by molar-refractivity contribution is -0.155. The van der Waals surface area contributed by atoms with E-state index in [1.54, 1.807) is 12.1 Å². The highest BCUT2D eigenvalue weighted by molar-refractivity contribution is 7.86. The Bertz CT molecular complexity index is 1040. The van der Waals surface area contributed by atoms with Crippen molar-refractivity contribution in [1.29, 1.82) is 0 Å². The molecular formula is C24H30N2O6S. The second kappa shape index (κ2) is 10.9. The normalized spacial score (nSPS) is 20.8. The number of carbonyl (C=O) groups is 2. The zero-order valence-electron chi connectivity index (χ0n) is 18.6. The third kappa shape index (κ3) is 6.40. The number of carbonyl (C=O) groups excluding carboxylic acids is 2. The van der Waals surface area contributed by atoms with Gasteiger partial charge in [-0.2, -0.15) is 8.42 Å². The number of hydrogen-bond donors (Lipinski definition) is 3. The van der Waals surface area contributed by atoms with Crippen molar-refractivity contribution in [2.75, 3.05) is 6.61 Å². The van der Waals surface area contributed by atoms with Crippen LogP contribution in [0.3, 0.4) is 0 Å². The van der Waals surface area contributed by atoms with Gasteiger partial charge in [0.15, 0.2) is 0 Å². The van der Waals surface area contributed by atoms with Gasteiger partial charge in [-0.15, -0.1) is 0 Å². The van der Waals surface area contributed by atoms with Crippen molar-refractivity contribution in [3.8, 4) is 0 Å². The first-order valence-electron chi connectivity index (χ1n) is 11.0. The van der Waals surface area contributed by atoms with Crippen molar-refractivity contribution in [3.05, 3.63) is 65.7 Å². The molecule has 0 aliphatic carbocycles. The Labute approximate surface area is 194 Å². The van der Waals surface area contributed by atoms with E-state index in [2.05, 4.69) is 10.6 Å². The lowest BCUT2D eigenvalue weighted by Crippen LogP contribution is -2.65. The maximum Gasteiger partial charge on any atom is 0.296 e. The number of aryl methyl sites for hydroxylation is 1. The van der Waals surface area contributed by atoms with Crippen LogP contribution in [-0.4, -0.2) is 38.3 Å². The van der Waals surface area contributed by atoms with E-state index in [4.69, 9.17) is 4.18 Å². The van der Waals surface area contributed by atoms with E-state index in [1.165, 1.54) is 12.1 Å². The summed E-state index contributed by atoms with van der Waals surface area (Å²) in [6.45, 7) is 1.95. The predicted molar refractivity (Wildman–Crippen MR) is 122 cm³/mol. The van der Waals surface area contributed by atoms with E-state index in [-0.39, 0.29) is 17.9 Å². The summed E-state index contributed by atoms with van der Waals surface area (Å²) < 4.78 is 29.6. The van der Waals surface area contributed by atoms with Crippen molar-refractivity contribution in [1.82, 2.24) is 10.6 Å². The molecule has 0 spiro atoms. The van der Waals surface area contributed by atoms with Gasteiger partial charge in [0.05, 0.1) is 11.5 Å². The van der Waals surface area contributed by atoms with E-state index < -0.39 is 33.7 Å². The molecule has 0 aromatic heterocycles. The van der Waals surface area contributed by atoms with Crippen LogP contribution in [0.2, 0.25) is 0 Å². The number of hydrogen-bond acceptors (Lipinski definition) is 6. The Morgan fingerprint density at radius 2 is 1.52 bits per heavy atom. The quantitative estimate of drug-likeness (QED) is 0.261. The molecule has 0 atom stereocenters. The van der Waals surface area contributed by atoms with Gasteiger partial charge in [0, 0.05) is 0 Å². The van der Waals surface area contributed by atoms with Gasteiger partial charge in [0.2, 0.25) is 18.2 Å². The molecule has 33 heavy (non-hydrogen) atoms. The Morgan fingerprint density at radius 1 is 0.909 bits per heavy atom. The fourth-order valence-corrected chi connectivity index (χ4v) is 4.85. The number of nitrogens with one attached hydrogen (secondary N) is 2. The van der Waals surface area contributed by atoms with Crippen LogP contribution in [0.4, 0.5) is 0 Å². The topological polar surface area (TPSA) is 122 Å². The molecule has 1 heterocycles. The van der Waals surface area contributed by atoms with Gasteiger partial charge < -0.3 is 15.7 Å². The number of benzene rings is 2. The summed E-state index contributed by atoms with van der Waals surface area (Å²) in [6, 6.07) is 15.8. The van der Waals surface area contributed by atoms with Crippen LogP contribution in [0.1, 0.15) is 43.2 Å². The number of amides is 2. The lowest BCUT2D eigenvalue weighted by Gasteiger charge is -2.37. The van der Waals surface area contributed by atoms with Gasteiger partial charge in [-0.25, -0.2) is 0 Å². The van der Waals surface area contributed by atoms with Gasteiger partial charge in [0.1, 0.15) is 5.41 Å². The largest absolute Gasteiger partial charge is 0.356 e. The number of aliphatic hydroxyl groups is 1. The number of unbranched alkanes of at least 4 members (excludes halogenated alkanes) is 3.